The van der Waals surface area contributed by atoms with E-state index in [1.165, 1.54) is 17.9 Å². The highest BCUT2D eigenvalue weighted by molar-refractivity contribution is 7.91. The predicted molar refractivity (Wildman–Crippen MR) is 189 cm³/mol. The van der Waals surface area contributed by atoms with Crippen molar-refractivity contribution in [3.05, 3.63) is 36.9 Å². The number of aromatic nitrogens is 2. The average Bonchev–Trinajstić information content (AvgIpc) is 3.80. The zero-order valence-corrected chi connectivity index (χ0v) is 31.4. The van der Waals surface area contributed by atoms with Gasteiger partial charge in [-0.1, -0.05) is 39.0 Å². The number of likely N-dealkylation sites (tertiary alicyclic amines) is 1. The van der Waals surface area contributed by atoms with Gasteiger partial charge in [0.25, 0.3) is 5.91 Å². The molecule has 1 aliphatic carbocycles. The number of rotatable bonds is 13. The third kappa shape index (κ3) is 9.65. The fourth-order valence-corrected chi connectivity index (χ4v) is 7.11. The summed E-state index contributed by atoms with van der Waals surface area (Å²) in [6.07, 6.45) is 0.537. The van der Waals surface area contributed by atoms with Crippen LogP contribution >= 0.6 is 0 Å². The second-order valence-corrected chi connectivity index (χ2v) is 17.2. The van der Waals surface area contributed by atoms with Gasteiger partial charge >= 0.3 is 6.09 Å². The minimum Gasteiger partial charge on any atom is -0.476 e. The van der Waals surface area contributed by atoms with Gasteiger partial charge in [0, 0.05) is 6.42 Å². The minimum atomic E-state index is -3.93. The highest BCUT2D eigenvalue weighted by atomic mass is 32.2. The summed E-state index contributed by atoms with van der Waals surface area (Å²) in [5.41, 5.74) is -3.40. The van der Waals surface area contributed by atoms with Crippen LogP contribution in [0.5, 0.6) is 11.8 Å². The zero-order valence-electron chi connectivity index (χ0n) is 30.6. The van der Waals surface area contributed by atoms with Gasteiger partial charge in [-0.05, 0) is 71.4 Å². The Morgan fingerprint density at radius 3 is 2.18 bits per heavy atom. The number of carbonyl (C=O) groups is 4. The van der Waals surface area contributed by atoms with Crippen LogP contribution in [0.1, 0.15) is 81.1 Å². The number of alkyl carbamates (subject to hydrolysis) is 1. The van der Waals surface area contributed by atoms with E-state index in [0.717, 1.165) is 0 Å². The van der Waals surface area contributed by atoms with E-state index in [1.54, 1.807) is 53.7 Å². The largest absolute Gasteiger partial charge is 0.476 e. The first-order valence-electron chi connectivity index (χ1n) is 17.0. The van der Waals surface area contributed by atoms with E-state index in [0.29, 0.717) is 36.1 Å². The SMILES string of the molecule is C=CC[C@](C)(NC(=O)[C@@H]1C[C@@H](Oc2nnc(OCC)c3ccccc23)CN1C(=O)[C@@H](NC(=O)OC(C)(C)C)C(C)(C)C)C(=O)NS(=O)(=O)C1CC1. The van der Waals surface area contributed by atoms with Crippen LogP contribution in [0.25, 0.3) is 10.8 Å². The summed E-state index contributed by atoms with van der Waals surface area (Å²) in [6.45, 7) is 17.6. The van der Waals surface area contributed by atoms with Crippen molar-refractivity contribution in [3.63, 3.8) is 0 Å². The molecular formula is C35H50N6O9S. The molecule has 280 valence electrons. The highest BCUT2D eigenvalue weighted by Gasteiger charge is 2.49. The summed E-state index contributed by atoms with van der Waals surface area (Å²) in [6, 6.07) is 4.89. The number of nitrogens with zero attached hydrogens (tertiary/aromatic N) is 3. The maximum Gasteiger partial charge on any atom is 0.408 e. The van der Waals surface area contributed by atoms with Gasteiger partial charge in [0.1, 0.15) is 29.3 Å². The first-order valence-corrected chi connectivity index (χ1v) is 18.6. The topological polar surface area (TPSA) is 195 Å². The van der Waals surface area contributed by atoms with Gasteiger partial charge in [-0.25, -0.2) is 13.2 Å². The third-order valence-electron chi connectivity index (χ3n) is 8.45. The molecule has 1 aliphatic heterocycles. The molecule has 0 unspecified atom stereocenters. The van der Waals surface area contributed by atoms with Gasteiger partial charge < -0.3 is 29.7 Å². The van der Waals surface area contributed by atoms with Crippen LogP contribution in [0.4, 0.5) is 4.79 Å². The normalized spacial score (nSPS) is 19.7. The molecule has 2 fully saturated rings. The summed E-state index contributed by atoms with van der Waals surface area (Å²) in [4.78, 5) is 56.2. The van der Waals surface area contributed by atoms with Crippen LogP contribution < -0.4 is 24.8 Å². The van der Waals surface area contributed by atoms with Crippen LogP contribution in [0.15, 0.2) is 36.9 Å². The minimum absolute atomic E-state index is 0.0315. The van der Waals surface area contributed by atoms with Crippen LogP contribution in [-0.2, 0) is 29.1 Å². The van der Waals surface area contributed by atoms with Gasteiger partial charge in [0.05, 0.1) is 29.2 Å². The molecule has 4 atom stereocenters. The lowest BCUT2D eigenvalue weighted by Gasteiger charge is -2.36. The molecule has 3 N–H and O–H groups in total. The van der Waals surface area contributed by atoms with E-state index in [2.05, 4.69) is 32.1 Å². The summed E-state index contributed by atoms with van der Waals surface area (Å²) in [5, 5.41) is 14.4. The highest BCUT2D eigenvalue weighted by Crippen LogP contribution is 2.33. The molecule has 0 radical (unpaired) electrons. The second-order valence-electron chi connectivity index (χ2n) is 15.2. The quantitative estimate of drug-likeness (QED) is 0.256. The number of hydrogen-bond donors (Lipinski definition) is 3. The van der Waals surface area contributed by atoms with E-state index in [9.17, 15) is 27.6 Å². The molecule has 0 bridgehead atoms. The Labute approximate surface area is 299 Å². The zero-order chi connectivity index (χ0) is 37.9. The van der Waals surface area contributed by atoms with E-state index >= 15 is 0 Å². The molecule has 2 aromatic rings. The van der Waals surface area contributed by atoms with Crippen molar-refractivity contribution in [2.45, 2.75) is 116 Å². The van der Waals surface area contributed by atoms with Gasteiger partial charge in [0.15, 0.2) is 0 Å². The number of hydrogen-bond acceptors (Lipinski definition) is 11. The number of carbonyl (C=O) groups excluding carboxylic acids is 4. The van der Waals surface area contributed by atoms with Gasteiger partial charge in [-0.2, -0.15) is 0 Å². The molecule has 51 heavy (non-hydrogen) atoms. The van der Waals surface area contributed by atoms with Crippen molar-refractivity contribution in [1.82, 2.24) is 30.5 Å². The lowest BCUT2D eigenvalue weighted by molar-refractivity contribution is -0.143. The Balaban J connectivity index is 1.68. The number of amides is 4. The predicted octanol–water partition coefficient (Wildman–Crippen LogP) is 3.38. The van der Waals surface area contributed by atoms with Crippen LogP contribution in [0.3, 0.4) is 0 Å². The number of ether oxygens (including phenoxy) is 3. The van der Waals surface area contributed by atoms with E-state index < -0.39 is 73.8 Å². The maximum absolute atomic E-state index is 14.4. The Bertz CT molecular complexity index is 1770. The van der Waals surface area contributed by atoms with Crippen LogP contribution in [-0.4, -0.2) is 95.1 Å². The van der Waals surface area contributed by atoms with Crippen molar-refractivity contribution in [2.75, 3.05) is 13.2 Å². The molecule has 4 amide bonds. The molecule has 1 aromatic carbocycles. The van der Waals surface area contributed by atoms with E-state index in [-0.39, 0.29) is 25.3 Å². The standard InChI is InChI=1S/C35H50N6O9S/c1-10-18-35(9,31(44)40-51(46,47)22-16-17-22)37-27(42)25-19-21(49-29-24-15-13-12-14-23(24)28(38-39-29)48-11-2)20-41(25)30(43)26(33(3,4)5)36-32(45)50-34(6,7)8/h10,12-15,21-22,25-26H,1,11,16-20H2,2-9H3,(H,36,45)(H,37,42)(H,40,44)/t21-,25+,26-,35+/m1/s1. The summed E-state index contributed by atoms with van der Waals surface area (Å²) < 4.78 is 44.8. The average molecular weight is 731 g/mol. The molecule has 0 spiro atoms. The first-order chi connectivity index (χ1) is 23.7. The molecule has 15 nitrogen and oxygen atoms in total. The molecule has 16 heteroatoms. The van der Waals surface area contributed by atoms with Crippen molar-refractivity contribution in [1.29, 1.82) is 0 Å². The van der Waals surface area contributed by atoms with Gasteiger partial charge in [-0.3, -0.25) is 19.1 Å². The fraction of sp³-hybridized carbons (Fsp3) is 0.600. The van der Waals surface area contributed by atoms with Crippen LogP contribution in [0.2, 0.25) is 0 Å². The monoisotopic (exact) mass is 730 g/mol. The van der Waals surface area contributed by atoms with Gasteiger partial charge in [-0.15, -0.1) is 16.8 Å². The van der Waals surface area contributed by atoms with E-state index in [4.69, 9.17) is 14.2 Å². The molecule has 1 aromatic heterocycles. The van der Waals surface area contributed by atoms with Crippen molar-refractivity contribution < 1.29 is 41.8 Å². The molecule has 1 saturated carbocycles. The Kier molecular flexibility index (Phi) is 11.6. The van der Waals surface area contributed by atoms with Crippen LogP contribution in [0, 0.1) is 5.41 Å². The first kappa shape index (κ1) is 39.3. The van der Waals surface area contributed by atoms with Gasteiger partial charge in [0.2, 0.25) is 33.6 Å². The third-order valence-corrected chi connectivity index (χ3v) is 10.3. The molecule has 1 saturated heterocycles. The smallest absolute Gasteiger partial charge is 0.408 e. The number of sulfonamides is 1. The summed E-state index contributed by atoms with van der Waals surface area (Å²) in [7, 11) is -3.93. The maximum atomic E-state index is 14.4. The number of benzene rings is 1. The fourth-order valence-electron chi connectivity index (χ4n) is 5.71. The molecule has 4 rings (SSSR count). The Morgan fingerprint density at radius 2 is 1.63 bits per heavy atom. The van der Waals surface area contributed by atoms with Crippen molar-refractivity contribution in [2.24, 2.45) is 5.41 Å². The Morgan fingerprint density at radius 1 is 1.02 bits per heavy atom. The van der Waals surface area contributed by atoms with Crippen molar-refractivity contribution >= 4 is 44.6 Å². The molecule has 2 aliphatic rings. The van der Waals surface area contributed by atoms with Crippen molar-refractivity contribution in [3.8, 4) is 11.8 Å². The summed E-state index contributed by atoms with van der Waals surface area (Å²) in [5.74, 6) is -1.76. The summed E-state index contributed by atoms with van der Waals surface area (Å²) >= 11 is 0. The number of nitrogens with one attached hydrogen (secondary N) is 3. The lowest BCUT2D eigenvalue weighted by atomic mass is 9.85. The number of fused-ring (bicyclic) bond motifs is 1. The molecular weight excluding hydrogens is 680 g/mol. The Hall–Kier alpha value is -4.47. The van der Waals surface area contributed by atoms with E-state index in [1.807, 2.05) is 19.1 Å². The molecule has 2 heterocycles. The lowest BCUT2D eigenvalue weighted by Crippen LogP contribution is -2.62. The second kappa shape index (κ2) is 15.0.